The van der Waals surface area contributed by atoms with Crippen LogP contribution in [0.15, 0.2) is 45.3 Å². The number of aliphatic carboxylic acids is 1. The molecule has 2 N–H and O–H groups in total. The molecule has 0 amide bonds. The second-order valence-electron chi connectivity index (χ2n) is 8.32. The first-order chi connectivity index (χ1) is 19.1. The van der Waals surface area contributed by atoms with Gasteiger partial charge in [0.05, 0.1) is 52.4 Å². The second kappa shape index (κ2) is 18.1. The molecule has 9 nitrogen and oxygen atoms in total. The summed E-state index contributed by atoms with van der Waals surface area (Å²) < 4.78 is 18.9. The van der Waals surface area contributed by atoms with Gasteiger partial charge >= 0.3 is 41.5 Å². The average Bonchev–Trinajstić information content (AvgIpc) is 3.53. The Kier molecular flexibility index (Phi) is 16.4. The number of esters is 1. The summed E-state index contributed by atoms with van der Waals surface area (Å²) >= 11 is 9.57. The molecule has 0 aliphatic rings. The first kappa shape index (κ1) is 38.2. The number of fused-ring (bicyclic) bond motifs is 2. The first-order valence-electron chi connectivity index (χ1n) is 12.0. The molecule has 0 atom stereocenters. The van der Waals surface area contributed by atoms with E-state index in [9.17, 15) is 19.2 Å². The van der Waals surface area contributed by atoms with Gasteiger partial charge in [0.15, 0.2) is 11.6 Å². The van der Waals surface area contributed by atoms with E-state index >= 15 is 0 Å². The predicted octanol–water partition coefficient (Wildman–Crippen LogP) is 4.75. The predicted molar refractivity (Wildman–Crippen MR) is 165 cm³/mol. The van der Waals surface area contributed by atoms with Crippen molar-refractivity contribution in [3.8, 4) is 11.5 Å². The van der Waals surface area contributed by atoms with Crippen molar-refractivity contribution < 1.29 is 73.5 Å². The van der Waals surface area contributed by atoms with Gasteiger partial charge in [-0.2, -0.15) is 0 Å². The molecule has 0 aliphatic carbocycles. The number of carbonyl (C=O) groups excluding carboxylic acids is 3. The monoisotopic (exact) mass is 752 g/mol. The van der Waals surface area contributed by atoms with Crippen LogP contribution in [0.4, 0.5) is 0 Å². The number of hydrogen-bond acceptors (Lipinski definition) is 10. The number of thiophene rings is 2. The molecular weight excluding hydrogens is 727 g/mol. The number of methoxy groups -OCH3 is 2. The van der Waals surface area contributed by atoms with Gasteiger partial charge in [0.2, 0.25) is 0 Å². The molecule has 4 rings (SSSR count). The molecule has 42 heavy (non-hydrogen) atoms. The van der Waals surface area contributed by atoms with Crippen LogP contribution in [0, 0.1) is 0 Å². The smallest absolute Gasteiger partial charge is 0.870 e. The third-order valence-electron chi connectivity index (χ3n) is 5.56. The van der Waals surface area contributed by atoms with Gasteiger partial charge in [-0.15, -0.1) is 22.7 Å². The quantitative estimate of drug-likeness (QED) is 0.130. The number of Topliss-reactive ketones (excluding diaryl/α,β-unsaturated/α-hetero) is 2. The molecule has 0 unspecified atom stereocenters. The van der Waals surface area contributed by atoms with Crippen LogP contribution >= 0.6 is 54.5 Å². The van der Waals surface area contributed by atoms with Crippen molar-refractivity contribution >= 4 is 98.2 Å². The van der Waals surface area contributed by atoms with Gasteiger partial charge in [-0.05, 0) is 86.0 Å². The van der Waals surface area contributed by atoms with E-state index in [-0.39, 0.29) is 78.3 Å². The zero-order valence-corrected chi connectivity index (χ0v) is 30.1. The largest absolute Gasteiger partial charge is 1.00 e. The van der Waals surface area contributed by atoms with E-state index in [1.165, 1.54) is 22.7 Å². The molecule has 0 spiro atoms. The molecular formula is C28H27Br2NaO9S2. The third-order valence-corrected chi connectivity index (χ3v) is 9.08. The first-order valence-corrected chi connectivity index (χ1v) is 15.3. The van der Waals surface area contributed by atoms with Gasteiger partial charge in [0, 0.05) is 22.2 Å². The van der Waals surface area contributed by atoms with Gasteiger partial charge < -0.3 is 24.8 Å². The molecule has 14 heteroatoms. The zero-order chi connectivity index (χ0) is 29.4. The average molecular weight is 754 g/mol. The van der Waals surface area contributed by atoms with E-state index in [1.54, 1.807) is 27.2 Å². The van der Waals surface area contributed by atoms with Gasteiger partial charge in [-0.1, -0.05) is 0 Å². The minimum atomic E-state index is -0.959. The summed E-state index contributed by atoms with van der Waals surface area (Å²) in [5.74, 6) is -0.0398. The minimum Gasteiger partial charge on any atom is -0.870 e. The molecule has 2 heterocycles. The van der Waals surface area contributed by atoms with Gasteiger partial charge in [-0.25, -0.2) is 0 Å². The second-order valence-corrected chi connectivity index (χ2v) is 12.2. The van der Waals surface area contributed by atoms with Crippen LogP contribution in [0.1, 0.15) is 52.0 Å². The van der Waals surface area contributed by atoms with Crippen LogP contribution in [-0.2, 0) is 14.3 Å². The summed E-state index contributed by atoms with van der Waals surface area (Å²) in [7, 11) is 3.18. The van der Waals surface area contributed by atoms with Crippen molar-refractivity contribution in [2.45, 2.75) is 32.6 Å². The maximum atomic E-state index is 12.1. The molecule has 0 radical (unpaired) electrons. The van der Waals surface area contributed by atoms with Gasteiger partial charge in [-0.3, -0.25) is 19.2 Å². The van der Waals surface area contributed by atoms with E-state index in [2.05, 4.69) is 31.9 Å². The summed E-state index contributed by atoms with van der Waals surface area (Å²) in [5, 5.41) is 10.5. The molecule has 0 saturated carbocycles. The fraction of sp³-hybridized carbons (Fsp3) is 0.286. The Morgan fingerprint density at radius 3 is 1.55 bits per heavy atom. The summed E-state index contributed by atoms with van der Waals surface area (Å²) in [6.07, 6.45) is 0.179. The summed E-state index contributed by atoms with van der Waals surface area (Å²) in [6.45, 7) is 2.08. The Morgan fingerprint density at radius 1 is 0.738 bits per heavy atom. The van der Waals surface area contributed by atoms with E-state index in [0.717, 1.165) is 34.9 Å². The fourth-order valence-electron chi connectivity index (χ4n) is 3.58. The number of halogens is 2. The minimum absolute atomic E-state index is 0. The van der Waals surface area contributed by atoms with Crippen LogP contribution in [-0.4, -0.2) is 54.9 Å². The SMILES string of the molecule is CCOC(=O)CCC(=O)c1cc2cc(Br)c(OC)cc2s1.COc1cc2sc(C(=O)CCC(=O)O)cc2cc1Br.[Na+].[OH-]. The zero-order valence-electron chi connectivity index (χ0n) is 23.3. The van der Waals surface area contributed by atoms with Crippen LogP contribution < -0.4 is 39.0 Å². The number of ether oxygens (including phenoxy) is 3. The van der Waals surface area contributed by atoms with Crippen molar-refractivity contribution in [1.29, 1.82) is 0 Å². The number of carboxylic acids is 1. The van der Waals surface area contributed by atoms with Crippen molar-refractivity contribution in [1.82, 2.24) is 0 Å². The number of rotatable bonds is 11. The van der Waals surface area contributed by atoms with Crippen LogP contribution in [0.25, 0.3) is 20.2 Å². The maximum Gasteiger partial charge on any atom is 1.00 e. The van der Waals surface area contributed by atoms with Crippen molar-refractivity contribution in [2.24, 2.45) is 0 Å². The Morgan fingerprint density at radius 2 is 1.17 bits per heavy atom. The molecule has 0 bridgehead atoms. The van der Waals surface area contributed by atoms with Crippen molar-refractivity contribution in [3.05, 3.63) is 55.1 Å². The standard InChI is InChI=1S/C15H15BrO4S.C13H11BrO4S.Na.H2O/c1-3-20-15(18)5-4-11(17)14-7-9-6-10(16)12(19-2)8-13(9)21-14;1-18-10-6-11-7(4-8(10)14)5-12(19-11)9(15)2-3-13(16)17;;/h6-8H,3-5H2,1-2H3;4-6H,2-3H2,1H3,(H,16,17);;1H2/q;;+1;/p-1. The Bertz CT molecular complexity index is 1570. The molecule has 2 aromatic carbocycles. The Balaban J connectivity index is 0.000000403. The van der Waals surface area contributed by atoms with Crippen LogP contribution in [0.5, 0.6) is 11.5 Å². The van der Waals surface area contributed by atoms with E-state index in [0.29, 0.717) is 22.1 Å². The number of benzene rings is 2. The van der Waals surface area contributed by atoms with Gasteiger partial charge in [0.1, 0.15) is 11.5 Å². The number of carbonyl (C=O) groups is 4. The summed E-state index contributed by atoms with van der Waals surface area (Å²) in [4.78, 5) is 47.0. The Labute approximate surface area is 289 Å². The number of ketones is 2. The topological polar surface area (TPSA) is 146 Å². The molecule has 0 aliphatic heterocycles. The van der Waals surface area contributed by atoms with E-state index < -0.39 is 5.97 Å². The third kappa shape index (κ3) is 10.4. The van der Waals surface area contributed by atoms with Crippen LogP contribution in [0.2, 0.25) is 0 Å². The molecule has 0 fully saturated rings. The molecule has 0 saturated heterocycles. The van der Waals surface area contributed by atoms with E-state index in [1.807, 2.05) is 30.3 Å². The summed E-state index contributed by atoms with van der Waals surface area (Å²) in [6, 6.07) is 11.2. The number of carboxylic acid groups (broad SMARTS) is 1. The van der Waals surface area contributed by atoms with E-state index in [4.69, 9.17) is 19.3 Å². The van der Waals surface area contributed by atoms with Crippen molar-refractivity contribution in [3.63, 3.8) is 0 Å². The maximum absolute atomic E-state index is 12.1. The number of hydrogen-bond donors (Lipinski definition) is 1. The molecule has 220 valence electrons. The Hall–Kier alpha value is -1.84. The van der Waals surface area contributed by atoms with Crippen LogP contribution in [0.3, 0.4) is 0 Å². The molecule has 2 aromatic heterocycles. The molecule has 4 aromatic rings. The van der Waals surface area contributed by atoms with Crippen molar-refractivity contribution in [2.75, 3.05) is 20.8 Å². The fourth-order valence-corrected chi connectivity index (χ4v) is 6.71. The normalized spacial score (nSPS) is 10.1. The van der Waals surface area contributed by atoms with Gasteiger partial charge in [0.25, 0.3) is 0 Å². The summed E-state index contributed by atoms with van der Waals surface area (Å²) in [5.41, 5.74) is 0.